The van der Waals surface area contributed by atoms with Crippen LogP contribution >= 0.6 is 0 Å². The first kappa shape index (κ1) is 12.0. The average molecular weight is 213 g/mol. The van der Waals surface area contributed by atoms with E-state index >= 15 is 0 Å². The van der Waals surface area contributed by atoms with E-state index in [1.165, 1.54) is 6.92 Å². The number of amides is 1. The van der Waals surface area contributed by atoms with Crippen molar-refractivity contribution in [2.45, 2.75) is 44.3 Å². The minimum absolute atomic E-state index is 0.291. The van der Waals surface area contributed by atoms with Crippen LogP contribution in [0.2, 0.25) is 0 Å². The zero-order valence-corrected chi connectivity index (χ0v) is 8.68. The van der Waals surface area contributed by atoms with Crippen molar-refractivity contribution in [1.82, 2.24) is 5.32 Å². The molecular weight excluding hydrogens is 198 g/mol. The van der Waals surface area contributed by atoms with Gasteiger partial charge < -0.3 is 20.3 Å². The summed E-state index contributed by atoms with van der Waals surface area (Å²) >= 11 is 0. The van der Waals surface area contributed by atoms with Crippen molar-refractivity contribution in [3.63, 3.8) is 0 Å². The molecule has 1 amide bonds. The van der Waals surface area contributed by atoms with Gasteiger partial charge in [0.1, 0.15) is 18.3 Å². The number of terminal acetylenes is 1. The van der Waals surface area contributed by atoms with Gasteiger partial charge in [0.05, 0.1) is 12.1 Å². The predicted octanol–water partition coefficient (Wildman–Crippen LogP) is -1.37. The Kier molecular flexibility index (Phi) is 3.69. The molecule has 1 aliphatic heterocycles. The first-order valence-electron chi connectivity index (χ1n) is 4.72. The molecule has 1 unspecified atom stereocenters. The highest BCUT2D eigenvalue weighted by Crippen LogP contribution is 2.20. The topological polar surface area (TPSA) is 78.8 Å². The number of rotatable bonds is 1. The lowest BCUT2D eigenvalue weighted by molar-refractivity contribution is -0.163. The minimum Gasteiger partial charge on any atom is -0.388 e. The molecule has 0 radical (unpaired) electrons. The Bertz CT molecular complexity index is 286. The van der Waals surface area contributed by atoms with E-state index in [9.17, 15) is 15.0 Å². The number of hydrogen-bond acceptors (Lipinski definition) is 4. The van der Waals surface area contributed by atoms with Gasteiger partial charge in [-0.2, -0.15) is 0 Å². The smallest absolute Gasteiger partial charge is 0.217 e. The fraction of sp³-hybridized carbons (Fsp3) is 0.700. The van der Waals surface area contributed by atoms with Crippen molar-refractivity contribution in [3.8, 4) is 12.3 Å². The van der Waals surface area contributed by atoms with Gasteiger partial charge >= 0.3 is 0 Å². The summed E-state index contributed by atoms with van der Waals surface area (Å²) in [5, 5.41) is 21.8. The second-order valence-electron chi connectivity index (χ2n) is 3.64. The molecule has 1 aliphatic rings. The van der Waals surface area contributed by atoms with E-state index in [1.807, 2.05) is 0 Å². The number of aliphatic hydroxyl groups is 2. The zero-order valence-electron chi connectivity index (χ0n) is 8.68. The van der Waals surface area contributed by atoms with E-state index in [-0.39, 0.29) is 5.91 Å². The van der Waals surface area contributed by atoms with Gasteiger partial charge in [-0.1, -0.05) is 5.92 Å². The maximum Gasteiger partial charge on any atom is 0.217 e. The van der Waals surface area contributed by atoms with Crippen molar-refractivity contribution in [2.24, 2.45) is 0 Å². The predicted molar refractivity (Wildman–Crippen MR) is 52.8 cm³/mol. The highest BCUT2D eigenvalue weighted by molar-refractivity contribution is 5.73. The Labute approximate surface area is 88.4 Å². The zero-order chi connectivity index (χ0) is 11.6. The third kappa shape index (κ3) is 2.48. The van der Waals surface area contributed by atoms with Crippen LogP contribution in [0.25, 0.3) is 0 Å². The van der Waals surface area contributed by atoms with Crippen LogP contribution in [0.5, 0.6) is 0 Å². The molecule has 0 saturated carbocycles. The summed E-state index contributed by atoms with van der Waals surface area (Å²) in [4.78, 5) is 10.9. The fourth-order valence-corrected chi connectivity index (χ4v) is 1.64. The van der Waals surface area contributed by atoms with Crippen LogP contribution in [-0.4, -0.2) is 46.6 Å². The van der Waals surface area contributed by atoms with Gasteiger partial charge in [0.25, 0.3) is 0 Å². The van der Waals surface area contributed by atoms with Crippen LogP contribution in [0.3, 0.4) is 0 Å². The molecule has 84 valence electrons. The lowest BCUT2D eigenvalue weighted by Crippen LogP contribution is -2.62. The van der Waals surface area contributed by atoms with E-state index in [0.717, 1.165) is 0 Å². The molecule has 0 aromatic heterocycles. The van der Waals surface area contributed by atoms with Crippen LogP contribution < -0.4 is 5.32 Å². The first-order chi connectivity index (χ1) is 6.97. The molecule has 1 saturated heterocycles. The van der Waals surface area contributed by atoms with Crippen LogP contribution in [0, 0.1) is 12.3 Å². The average Bonchev–Trinajstić information content (AvgIpc) is 2.18. The summed E-state index contributed by atoms with van der Waals surface area (Å²) in [7, 11) is 0. The van der Waals surface area contributed by atoms with Gasteiger partial charge in [0, 0.05) is 6.92 Å². The first-order valence-corrected chi connectivity index (χ1v) is 4.72. The van der Waals surface area contributed by atoms with Crippen molar-refractivity contribution in [1.29, 1.82) is 0 Å². The van der Waals surface area contributed by atoms with Crippen LogP contribution in [0.15, 0.2) is 0 Å². The molecule has 0 bridgehead atoms. The van der Waals surface area contributed by atoms with Crippen LogP contribution in [0.4, 0.5) is 0 Å². The Morgan fingerprint density at radius 2 is 2.07 bits per heavy atom. The van der Waals surface area contributed by atoms with Gasteiger partial charge in [-0.05, 0) is 6.92 Å². The molecule has 0 spiro atoms. The highest BCUT2D eigenvalue weighted by Gasteiger charge is 2.42. The van der Waals surface area contributed by atoms with E-state index in [0.29, 0.717) is 0 Å². The maximum atomic E-state index is 10.9. The van der Waals surface area contributed by atoms with E-state index in [1.54, 1.807) is 6.92 Å². The standard InChI is InChI=1S/C10H15NO4/c1-4-7-9(13)10(14)8(5(2)15-7)11-6(3)12/h1,5,7-10,13-14H,2-3H3,(H,11,12)/t5?,7-,8+,9+,10-/m1/s1. The SMILES string of the molecule is C#C[C@H]1OC(C)[C@H](NC(C)=O)[C@@H](O)[C@H]1O. The van der Waals surface area contributed by atoms with E-state index < -0.39 is 30.5 Å². The van der Waals surface area contributed by atoms with Gasteiger partial charge in [0.2, 0.25) is 5.91 Å². The van der Waals surface area contributed by atoms with Crippen LogP contribution in [0.1, 0.15) is 13.8 Å². The van der Waals surface area contributed by atoms with Gasteiger partial charge in [-0.15, -0.1) is 6.42 Å². The number of nitrogens with one attached hydrogen (secondary N) is 1. The normalized spacial score (nSPS) is 40.6. The number of hydrogen-bond donors (Lipinski definition) is 3. The molecule has 3 N–H and O–H groups in total. The molecule has 0 aromatic carbocycles. The molecule has 1 heterocycles. The van der Waals surface area contributed by atoms with Crippen molar-refractivity contribution in [2.75, 3.05) is 0 Å². The fourth-order valence-electron chi connectivity index (χ4n) is 1.64. The lowest BCUT2D eigenvalue weighted by atomic mass is 9.93. The third-order valence-corrected chi connectivity index (χ3v) is 2.43. The molecule has 5 atom stereocenters. The van der Waals surface area contributed by atoms with Gasteiger partial charge in [-0.3, -0.25) is 4.79 Å². The molecular formula is C10H15NO4. The number of carbonyl (C=O) groups is 1. The summed E-state index contributed by atoms with van der Waals surface area (Å²) in [6, 6.07) is -0.637. The summed E-state index contributed by atoms with van der Waals surface area (Å²) in [6.45, 7) is 3.01. The number of carbonyl (C=O) groups excluding carboxylic acids is 1. The molecule has 0 aromatic rings. The Hall–Kier alpha value is -1.09. The molecule has 1 rings (SSSR count). The minimum atomic E-state index is -1.18. The Morgan fingerprint density at radius 3 is 2.53 bits per heavy atom. The molecule has 15 heavy (non-hydrogen) atoms. The van der Waals surface area contributed by atoms with Crippen molar-refractivity contribution in [3.05, 3.63) is 0 Å². The highest BCUT2D eigenvalue weighted by atomic mass is 16.5. The second-order valence-corrected chi connectivity index (χ2v) is 3.64. The number of aliphatic hydroxyl groups excluding tert-OH is 2. The molecule has 5 heteroatoms. The molecule has 5 nitrogen and oxygen atoms in total. The summed E-state index contributed by atoms with van der Waals surface area (Å²) in [6.07, 6.45) is 1.57. The molecule has 1 fully saturated rings. The van der Waals surface area contributed by atoms with Crippen molar-refractivity contribution >= 4 is 5.91 Å². The monoisotopic (exact) mass is 213 g/mol. The van der Waals surface area contributed by atoms with E-state index in [2.05, 4.69) is 11.2 Å². The Balaban J connectivity index is 2.75. The lowest BCUT2D eigenvalue weighted by Gasteiger charge is -2.40. The van der Waals surface area contributed by atoms with Crippen molar-refractivity contribution < 1.29 is 19.7 Å². The maximum absolute atomic E-state index is 10.9. The largest absolute Gasteiger partial charge is 0.388 e. The van der Waals surface area contributed by atoms with Gasteiger partial charge in [0.15, 0.2) is 0 Å². The summed E-state index contributed by atoms with van der Waals surface area (Å²) < 4.78 is 5.27. The van der Waals surface area contributed by atoms with Gasteiger partial charge in [-0.25, -0.2) is 0 Å². The Morgan fingerprint density at radius 1 is 1.47 bits per heavy atom. The number of ether oxygens (including phenoxy) is 1. The van der Waals surface area contributed by atoms with E-state index in [4.69, 9.17) is 11.2 Å². The second kappa shape index (κ2) is 4.62. The molecule has 0 aliphatic carbocycles. The third-order valence-electron chi connectivity index (χ3n) is 2.43. The summed E-state index contributed by atoms with van der Waals surface area (Å²) in [5.41, 5.74) is 0. The quantitative estimate of drug-likeness (QED) is 0.470. The van der Waals surface area contributed by atoms with Crippen LogP contribution in [-0.2, 0) is 9.53 Å². The summed E-state index contributed by atoms with van der Waals surface area (Å²) in [5.74, 6) is 1.95.